The monoisotopic (exact) mass is 447 g/mol. The molecule has 3 rings (SSSR count). The number of likely N-dealkylation sites (tertiary alicyclic amines) is 1. The molecule has 2 heterocycles. The van der Waals surface area contributed by atoms with E-state index >= 15 is 0 Å². The third kappa shape index (κ3) is 7.41. The Morgan fingerprint density at radius 2 is 1.94 bits per heavy atom. The number of carbonyl (C=O) groups excluding carboxylic acids is 1. The molecule has 1 aromatic carbocycles. The number of carbonyl (C=O) groups is 1. The predicted octanol–water partition coefficient (Wildman–Crippen LogP) is 1.22. The van der Waals surface area contributed by atoms with Crippen LogP contribution in [0.4, 0.5) is 0 Å². The Balaban J connectivity index is 1.53. The molecule has 0 atom stereocenters. The van der Waals surface area contributed by atoms with Gasteiger partial charge in [-0.1, -0.05) is 12.1 Å². The quantitative estimate of drug-likeness (QED) is 0.285. The zero-order valence-corrected chi connectivity index (χ0v) is 18.2. The van der Waals surface area contributed by atoms with E-state index in [1.807, 2.05) is 17.0 Å². The van der Waals surface area contributed by atoms with Crippen molar-refractivity contribution in [2.45, 2.75) is 37.1 Å². The molecule has 0 saturated carbocycles. The molecular formula is C21H29N5O4S. The molecular weight excluding hydrogens is 418 g/mol. The molecule has 1 saturated heterocycles. The summed E-state index contributed by atoms with van der Waals surface area (Å²) in [6.07, 6.45) is 4.79. The van der Waals surface area contributed by atoms with Crippen molar-refractivity contribution < 1.29 is 17.6 Å². The lowest BCUT2D eigenvalue weighted by Gasteiger charge is -2.16. The molecule has 4 N–H and O–H groups in total. The van der Waals surface area contributed by atoms with Crippen LogP contribution in [0.25, 0.3) is 0 Å². The van der Waals surface area contributed by atoms with Crippen molar-refractivity contribution in [1.82, 2.24) is 15.5 Å². The van der Waals surface area contributed by atoms with Gasteiger partial charge in [0.15, 0.2) is 5.96 Å². The van der Waals surface area contributed by atoms with Gasteiger partial charge < -0.3 is 20.0 Å². The summed E-state index contributed by atoms with van der Waals surface area (Å²) in [5.41, 5.74) is 0.863. The highest BCUT2D eigenvalue weighted by Crippen LogP contribution is 2.10. The maximum Gasteiger partial charge on any atom is 0.238 e. The van der Waals surface area contributed by atoms with Crippen LogP contribution in [0.1, 0.15) is 30.6 Å². The van der Waals surface area contributed by atoms with Gasteiger partial charge in [-0.3, -0.25) is 4.79 Å². The topological polar surface area (TPSA) is 130 Å². The highest BCUT2D eigenvalue weighted by atomic mass is 32.2. The van der Waals surface area contributed by atoms with Gasteiger partial charge in [0.05, 0.1) is 17.7 Å². The molecule has 0 bridgehead atoms. The van der Waals surface area contributed by atoms with Gasteiger partial charge in [-0.15, -0.1) is 0 Å². The molecule has 0 spiro atoms. The Hall–Kier alpha value is -2.85. The lowest BCUT2D eigenvalue weighted by atomic mass is 10.2. The molecule has 0 radical (unpaired) electrons. The van der Waals surface area contributed by atoms with E-state index in [0.29, 0.717) is 32.0 Å². The van der Waals surface area contributed by atoms with Crippen LogP contribution in [0.15, 0.2) is 57.0 Å². The Labute approximate surface area is 182 Å². The van der Waals surface area contributed by atoms with E-state index in [1.54, 1.807) is 18.4 Å². The van der Waals surface area contributed by atoms with Crippen molar-refractivity contribution in [2.75, 3.05) is 26.2 Å². The van der Waals surface area contributed by atoms with E-state index in [9.17, 15) is 13.2 Å². The fraction of sp³-hybridized carbons (Fsp3) is 0.429. The van der Waals surface area contributed by atoms with E-state index < -0.39 is 10.0 Å². The molecule has 31 heavy (non-hydrogen) atoms. The molecule has 9 nitrogen and oxygen atoms in total. The average Bonchev–Trinajstić information content (AvgIpc) is 3.40. The van der Waals surface area contributed by atoms with Gasteiger partial charge >= 0.3 is 0 Å². The summed E-state index contributed by atoms with van der Waals surface area (Å²) >= 11 is 0. The zero-order valence-electron chi connectivity index (χ0n) is 17.4. The number of nitrogens with zero attached hydrogens (tertiary/aromatic N) is 2. The molecule has 1 amide bonds. The van der Waals surface area contributed by atoms with Crippen LogP contribution in [-0.4, -0.2) is 51.4 Å². The maximum absolute atomic E-state index is 11.7. The van der Waals surface area contributed by atoms with Gasteiger partial charge in [-0.25, -0.2) is 18.5 Å². The van der Waals surface area contributed by atoms with Gasteiger partial charge in [0, 0.05) is 39.0 Å². The highest BCUT2D eigenvalue weighted by molar-refractivity contribution is 7.89. The summed E-state index contributed by atoms with van der Waals surface area (Å²) in [5, 5.41) is 11.7. The third-order valence-corrected chi connectivity index (χ3v) is 5.91. The molecule has 1 aromatic heterocycles. The maximum atomic E-state index is 11.7. The number of nitrogens with one attached hydrogen (secondary N) is 2. The summed E-state index contributed by atoms with van der Waals surface area (Å²) in [4.78, 5) is 18.3. The zero-order chi connectivity index (χ0) is 22.1. The largest absolute Gasteiger partial charge is 0.469 e. The smallest absolute Gasteiger partial charge is 0.238 e. The Kier molecular flexibility index (Phi) is 8.07. The fourth-order valence-electron chi connectivity index (χ4n) is 3.31. The first kappa shape index (κ1) is 22.8. The molecule has 0 unspecified atom stereocenters. The number of sulfonamides is 1. The number of aliphatic imine (C=N–C) groups is 1. The van der Waals surface area contributed by atoms with Gasteiger partial charge in [0.25, 0.3) is 0 Å². The van der Waals surface area contributed by atoms with Crippen LogP contribution in [0.5, 0.6) is 0 Å². The number of hydrogen-bond acceptors (Lipinski definition) is 5. The van der Waals surface area contributed by atoms with Crippen molar-refractivity contribution in [2.24, 2.45) is 10.1 Å². The number of guanidine groups is 1. The lowest BCUT2D eigenvalue weighted by Crippen LogP contribution is -2.40. The Bertz CT molecular complexity index is 972. The molecule has 1 aliphatic heterocycles. The minimum atomic E-state index is -3.71. The second kappa shape index (κ2) is 11.0. The lowest BCUT2D eigenvalue weighted by molar-refractivity contribution is -0.127. The third-order valence-electron chi connectivity index (χ3n) is 4.98. The minimum absolute atomic E-state index is 0.0756. The second-order valence-corrected chi connectivity index (χ2v) is 8.94. The summed E-state index contributed by atoms with van der Waals surface area (Å²) in [5.74, 6) is 1.77. The second-order valence-electron chi connectivity index (χ2n) is 7.37. The normalized spacial score (nSPS) is 14.8. The van der Waals surface area contributed by atoms with Crippen LogP contribution in [0.2, 0.25) is 0 Å². The molecule has 10 heteroatoms. The van der Waals surface area contributed by atoms with E-state index in [-0.39, 0.29) is 10.8 Å². The van der Waals surface area contributed by atoms with Crippen molar-refractivity contribution >= 4 is 21.9 Å². The Morgan fingerprint density at radius 1 is 1.16 bits per heavy atom. The standard InChI is InChI=1S/C21H29N5O4S/c22-31(28,29)19-8-6-17(7-9-19)16-25-21(24-12-10-18-4-2-15-30-18)23-11-3-14-26-13-1-5-20(26)27/h2,4,6-9,15H,1,3,5,10-14,16H2,(H2,22,28,29)(H2,23,24,25). The first-order chi connectivity index (χ1) is 14.9. The van der Waals surface area contributed by atoms with Crippen LogP contribution in [0, 0.1) is 0 Å². The van der Waals surface area contributed by atoms with Crippen LogP contribution >= 0.6 is 0 Å². The van der Waals surface area contributed by atoms with Crippen LogP contribution in [0.3, 0.4) is 0 Å². The number of benzene rings is 1. The molecule has 1 aliphatic rings. The van der Waals surface area contributed by atoms with Gasteiger partial charge in [-0.05, 0) is 42.7 Å². The fourth-order valence-corrected chi connectivity index (χ4v) is 3.82. The van der Waals surface area contributed by atoms with E-state index in [2.05, 4.69) is 15.6 Å². The number of rotatable bonds is 10. The first-order valence-electron chi connectivity index (χ1n) is 10.4. The summed E-state index contributed by atoms with van der Waals surface area (Å²) < 4.78 is 28.1. The molecule has 1 fully saturated rings. The Morgan fingerprint density at radius 3 is 2.58 bits per heavy atom. The molecule has 0 aliphatic carbocycles. The van der Waals surface area contributed by atoms with E-state index in [0.717, 1.165) is 43.7 Å². The molecule has 2 aromatic rings. The van der Waals surface area contributed by atoms with Crippen molar-refractivity contribution in [3.63, 3.8) is 0 Å². The van der Waals surface area contributed by atoms with Crippen molar-refractivity contribution in [3.8, 4) is 0 Å². The number of amides is 1. The SMILES string of the molecule is NS(=O)(=O)c1ccc(CN=C(NCCCN2CCCC2=O)NCCc2ccco2)cc1. The van der Waals surface area contributed by atoms with E-state index in [1.165, 1.54) is 12.1 Å². The van der Waals surface area contributed by atoms with Crippen LogP contribution < -0.4 is 15.8 Å². The summed E-state index contributed by atoms with van der Waals surface area (Å²) in [7, 11) is -3.71. The highest BCUT2D eigenvalue weighted by Gasteiger charge is 2.18. The number of hydrogen-bond donors (Lipinski definition) is 3. The van der Waals surface area contributed by atoms with Gasteiger partial charge in [0.2, 0.25) is 15.9 Å². The summed E-state index contributed by atoms with van der Waals surface area (Å²) in [6, 6.07) is 10.1. The van der Waals surface area contributed by atoms with Gasteiger partial charge in [-0.2, -0.15) is 0 Å². The average molecular weight is 448 g/mol. The molecule has 168 valence electrons. The van der Waals surface area contributed by atoms with Crippen LogP contribution in [-0.2, 0) is 27.8 Å². The number of nitrogens with two attached hydrogens (primary N) is 1. The first-order valence-corrected chi connectivity index (χ1v) is 11.9. The number of primary sulfonamides is 1. The summed E-state index contributed by atoms with van der Waals surface area (Å²) in [6.45, 7) is 3.29. The predicted molar refractivity (Wildman–Crippen MR) is 118 cm³/mol. The van der Waals surface area contributed by atoms with Crippen molar-refractivity contribution in [3.05, 3.63) is 54.0 Å². The number of furan rings is 1. The minimum Gasteiger partial charge on any atom is -0.469 e. The van der Waals surface area contributed by atoms with E-state index in [4.69, 9.17) is 9.56 Å². The van der Waals surface area contributed by atoms with Gasteiger partial charge in [0.1, 0.15) is 5.76 Å². The van der Waals surface area contributed by atoms with Crippen molar-refractivity contribution in [1.29, 1.82) is 0 Å².